The molecule has 0 aliphatic rings. The minimum atomic E-state index is -0.296. The van der Waals surface area contributed by atoms with Crippen molar-refractivity contribution < 1.29 is 14.3 Å². The lowest BCUT2D eigenvalue weighted by atomic mass is 9.98. The molecule has 1 N–H and O–H groups in total. The predicted octanol–water partition coefficient (Wildman–Crippen LogP) is 2.95. The molecule has 0 spiro atoms. The van der Waals surface area contributed by atoms with Crippen molar-refractivity contribution in [1.29, 1.82) is 0 Å². The molecule has 0 bridgehead atoms. The smallest absolute Gasteiger partial charge is 0.252 e. The first-order valence-corrected chi connectivity index (χ1v) is 7.17. The molecule has 0 radical (unpaired) electrons. The molecule has 4 nitrogen and oxygen atoms in total. The van der Waals surface area contributed by atoms with E-state index >= 15 is 0 Å². The van der Waals surface area contributed by atoms with Gasteiger partial charge in [0.15, 0.2) is 5.78 Å². The molecule has 2 aromatic carbocycles. The lowest BCUT2D eigenvalue weighted by Crippen LogP contribution is -2.28. The van der Waals surface area contributed by atoms with Gasteiger partial charge in [0.25, 0.3) is 5.91 Å². The van der Waals surface area contributed by atoms with Gasteiger partial charge in [0.2, 0.25) is 0 Å². The summed E-state index contributed by atoms with van der Waals surface area (Å²) in [4.78, 5) is 24.8. The molecule has 1 amide bonds. The monoisotopic (exact) mass is 317 g/mol. The van der Waals surface area contributed by atoms with Gasteiger partial charge in [0, 0.05) is 29.8 Å². The van der Waals surface area contributed by atoms with Crippen molar-refractivity contribution >= 4 is 23.3 Å². The van der Waals surface area contributed by atoms with Gasteiger partial charge in [-0.05, 0) is 30.3 Å². The number of amides is 1. The fourth-order valence-corrected chi connectivity index (χ4v) is 2.12. The molecular weight excluding hydrogens is 302 g/mol. The van der Waals surface area contributed by atoms with Gasteiger partial charge in [-0.3, -0.25) is 9.59 Å². The number of hydrogen-bond donors (Lipinski definition) is 1. The quantitative estimate of drug-likeness (QED) is 0.658. The number of halogens is 1. The number of nitrogens with one attached hydrogen (secondary N) is 1. The Morgan fingerprint density at radius 3 is 2.32 bits per heavy atom. The number of carbonyl (C=O) groups is 2. The van der Waals surface area contributed by atoms with Crippen molar-refractivity contribution in [1.82, 2.24) is 5.32 Å². The van der Waals surface area contributed by atoms with Crippen molar-refractivity contribution in [2.24, 2.45) is 0 Å². The second-order valence-corrected chi connectivity index (χ2v) is 5.07. The molecular formula is C17H16ClNO3. The van der Waals surface area contributed by atoms with Crippen molar-refractivity contribution in [2.75, 3.05) is 20.3 Å². The van der Waals surface area contributed by atoms with E-state index < -0.39 is 0 Å². The maximum atomic E-state index is 12.6. The van der Waals surface area contributed by atoms with Crippen molar-refractivity contribution in [2.45, 2.75) is 0 Å². The zero-order valence-corrected chi connectivity index (χ0v) is 12.9. The van der Waals surface area contributed by atoms with Gasteiger partial charge in [-0.25, -0.2) is 0 Å². The normalized spacial score (nSPS) is 10.3. The van der Waals surface area contributed by atoms with E-state index in [1.165, 1.54) is 0 Å². The molecule has 2 rings (SSSR count). The van der Waals surface area contributed by atoms with Gasteiger partial charge in [-0.1, -0.05) is 29.8 Å². The minimum absolute atomic E-state index is 0.214. The predicted molar refractivity (Wildman–Crippen MR) is 85.5 cm³/mol. The van der Waals surface area contributed by atoms with Crippen LogP contribution in [0, 0.1) is 0 Å². The number of carbonyl (C=O) groups excluding carboxylic acids is 2. The fraction of sp³-hybridized carbons (Fsp3) is 0.176. The Bertz CT molecular complexity index is 668. The van der Waals surface area contributed by atoms with Gasteiger partial charge < -0.3 is 10.1 Å². The highest BCUT2D eigenvalue weighted by Crippen LogP contribution is 2.17. The highest BCUT2D eigenvalue weighted by atomic mass is 35.5. The standard InChI is InChI=1S/C17H16ClNO3/c1-22-11-10-19-17(21)15-5-3-2-4-14(15)16(20)12-6-8-13(18)9-7-12/h2-9H,10-11H2,1H3,(H,19,21). The van der Waals surface area contributed by atoms with Gasteiger partial charge in [-0.15, -0.1) is 0 Å². The average Bonchev–Trinajstić information content (AvgIpc) is 2.55. The van der Waals surface area contributed by atoms with Crippen LogP contribution in [0.15, 0.2) is 48.5 Å². The summed E-state index contributed by atoms with van der Waals surface area (Å²) in [5.41, 5.74) is 1.19. The summed E-state index contributed by atoms with van der Waals surface area (Å²) in [6.07, 6.45) is 0. The molecule has 0 heterocycles. The van der Waals surface area contributed by atoms with E-state index in [2.05, 4.69) is 5.32 Å². The molecule has 22 heavy (non-hydrogen) atoms. The summed E-state index contributed by atoms with van der Waals surface area (Å²) in [5, 5.41) is 3.28. The van der Waals surface area contributed by atoms with Gasteiger partial charge in [0.05, 0.1) is 12.2 Å². The van der Waals surface area contributed by atoms with Crippen LogP contribution in [-0.2, 0) is 4.74 Å². The molecule has 0 atom stereocenters. The second-order valence-electron chi connectivity index (χ2n) is 4.63. The van der Waals surface area contributed by atoms with Crippen molar-refractivity contribution in [3.63, 3.8) is 0 Å². The van der Waals surface area contributed by atoms with E-state index in [-0.39, 0.29) is 11.7 Å². The first-order valence-electron chi connectivity index (χ1n) is 6.80. The van der Waals surface area contributed by atoms with E-state index in [1.54, 1.807) is 55.6 Å². The molecule has 0 saturated heterocycles. The highest BCUT2D eigenvalue weighted by Gasteiger charge is 2.17. The van der Waals surface area contributed by atoms with E-state index in [0.29, 0.717) is 34.9 Å². The highest BCUT2D eigenvalue weighted by molar-refractivity contribution is 6.30. The van der Waals surface area contributed by atoms with Crippen LogP contribution in [0.3, 0.4) is 0 Å². The Morgan fingerprint density at radius 2 is 1.68 bits per heavy atom. The Balaban J connectivity index is 2.25. The third-order valence-corrected chi connectivity index (χ3v) is 3.37. The third kappa shape index (κ3) is 3.93. The third-order valence-electron chi connectivity index (χ3n) is 3.11. The maximum Gasteiger partial charge on any atom is 0.252 e. The van der Waals surface area contributed by atoms with E-state index in [9.17, 15) is 9.59 Å². The molecule has 114 valence electrons. The average molecular weight is 318 g/mol. The number of hydrogen-bond acceptors (Lipinski definition) is 3. The number of rotatable bonds is 6. The fourth-order valence-electron chi connectivity index (χ4n) is 2.00. The van der Waals surface area contributed by atoms with E-state index in [1.807, 2.05) is 0 Å². The lowest BCUT2D eigenvalue weighted by Gasteiger charge is -2.09. The molecule has 0 unspecified atom stereocenters. The largest absolute Gasteiger partial charge is 0.383 e. The summed E-state index contributed by atoms with van der Waals surface area (Å²) in [5.74, 6) is -0.510. The summed E-state index contributed by atoms with van der Waals surface area (Å²) >= 11 is 5.83. The molecule has 5 heteroatoms. The zero-order chi connectivity index (χ0) is 15.9. The van der Waals surface area contributed by atoms with Gasteiger partial charge in [-0.2, -0.15) is 0 Å². The number of benzene rings is 2. The Hall–Kier alpha value is -2.17. The minimum Gasteiger partial charge on any atom is -0.383 e. The van der Waals surface area contributed by atoms with Crippen LogP contribution in [0.25, 0.3) is 0 Å². The first-order chi connectivity index (χ1) is 10.6. The summed E-state index contributed by atoms with van der Waals surface area (Å²) in [6.45, 7) is 0.803. The first kappa shape index (κ1) is 16.2. The molecule has 2 aromatic rings. The number of ether oxygens (including phenoxy) is 1. The zero-order valence-electron chi connectivity index (χ0n) is 12.1. The molecule has 0 aliphatic heterocycles. The number of ketones is 1. The SMILES string of the molecule is COCCNC(=O)c1ccccc1C(=O)c1ccc(Cl)cc1. The lowest BCUT2D eigenvalue weighted by molar-refractivity contribution is 0.0927. The summed E-state index contributed by atoms with van der Waals surface area (Å²) < 4.78 is 4.89. The maximum absolute atomic E-state index is 12.6. The van der Waals surface area contributed by atoms with Crippen LogP contribution in [0.1, 0.15) is 26.3 Å². The molecule has 0 saturated carbocycles. The van der Waals surface area contributed by atoms with Crippen LogP contribution in [-0.4, -0.2) is 32.0 Å². The number of methoxy groups -OCH3 is 1. The van der Waals surface area contributed by atoms with Crippen LogP contribution in [0.2, 0.25) is 5.02 Å². The molecule has 0 aromatic heterocycles. The Labute approximate surface area is 134 Å². The Morgan fingerprint density at radius 1 is 1.05 bits per heavy atom. The van der Waals surface area contributed by atoms with Crippen molar-refractivity contribution in [3.05, 3.63) is 70.2 Å². The van der Waals surface area contributed by atoms with Gasteiger partial charge >= 0.3 is 0 Å². The topological polar surface area (TPSA) is 55.4 Å². The van der Waals surface area contributed by atoms with Crippen LogP contribution in [0.4, 0.5) is 0 Å². The van der Waals surface area contributed by atoms with Crippen molar-refractivity contribution in [3.8, 4) is 0 Å². The Kier molecular flexibility index (Phi) is 5.69. The van der Waals surface area contributed by atoms with Crippen LogP contribution in [0.5, 0.6) is 0 Å². The van der Waals surface area contributed by atoms with E-state index in [0.717, 1.165) is 0 Å². The van der Waals surface area contributed by atoms with E-state index in [4.69, 9.17) is 16.3 Å². The molecule has 0 fully saturated rings. The van der Waals surface area contributed by atoms with Crippen LogP contribution >= 0.6 is 11.6 Å². The summed E-state index contributed by atoms with van der Waals surface area (Å²) in [7, 11) is 1.56. The van der Waals surface area contributed by atoms with Crippen LogP contribution < -0.4 is 5.32 Å². The summed E-state index contributed by atoms with van der Waals surface area (Å²) in [6, 6.07) is 13.3. The van der Waals surface area contributed by atoms with Gasteiger partial charge in [0.1, 0.15) is 0 Å². The molecule has 0 aliphatic carbocycles. The second kappa shape index (κ2) is 7.73.